The minimum absolute atomic E-state index is 0.0183. The largest absolute Gasteiger partial charge is 0.460 e. The first-order valence-electron chi connectivity index (χ1n) is 9.48. The number of carbonyl (C=O) groups is 3. The highest BCUT2D eigenvalue weighted by atomic mass is 16.6. The summed E-state index contributed by atoms with van der Waals surface area (Å²) in [6.45, 7) is 17.3. The van der Waals surface area contributed by atoms with Gasteiger partial charge >= 0.3 is 12.1 Å². The maximum atomic E-state index is 12.5. The molecule has 0 unspecified atom stereocenters. The Morgan fingerprint density at radius 1 is 0.852 bits per heavy atom. The average Bonchev–Trinajstić information content (AvgIpc) is 2.37. The van der Waals surface area contributed by atoms with Crippen LogP contribution in [0.2, 0.25) is 0 Å². The molecule has 0 spiro atoms. The van der Waals surface area contributed by atoms with Crippen LogP contribution in [0.3, 0.4) is 0 Å². The molecule has 0 aromatic carbocycles. The number of rotatable bonds is 7. The smallest absolute Gasteiger partial charge is 0.408 e. The normalized spacial score (nSPS) is 13.5. The summed E-state index contributed by atoms with van der Waals surface area (Å²) in [5, 5.41) is 5.38. The second-order valence-electron chi connectivity index (χ2n) is 9.93. The van der Waals surface area contributed by atoms with E-state index in [9.17, 15) is 14.4 Å². The quantitative estimate of drug-likeness (QED) is 0.653. The molecule has 158 valence electrons. The van der Waals surface area contributed by atoms with E-state index in [1.165, 1.54) is 0 Å². The van der Waals surface area contributed by atoms with Crippen molar-refractivity contribution in [3.63, 3.8) is 0 Å². The summed E-state index contributed by atoms with van der Waals surface area (Å²) in [6.07, 6.45) is 0.256. The fourth-order valence-electron chi connectivity index (χ4n) is 2.06. The monoisotopic (exact) mass is 386 g/mol. The Balaban J connectivity index is 4.85. The Hall–Kier alpha value is -1.79. The van der Waals surface area contributed by atoms with Crippen molar-refractivity contribution in [1.29, 1.82) is 0 Å². The molecule has 0 aromatic rings. The number of nitrogens with one attached hydrogen (secondary N) is 2. The number of alkyl carbamates (subject to hydrolysis) is 1. The zero-order chi connectivity index (χ0) is 21.5. The van der Waals surface area contributed by atoms with Crippen LogP contribution in [0.15, 0.2) is 0 Å². The number of amides is 2. The lowest BCUT2D eigenvalue weighted by Gasteiger charge is -2.24. The molecule has 0 saturated carbocycles. The first-order valence-corrected chi connectivity index (χ1v) is 9.48. The van der Waals surface area contributed by atoms with Gasteiger partial charge in [-0.2, -0.15) is 0 Å². The molecule has 0 aliphatic heterocycles. The van der Waals surface area contributed by atoms with E-state index >= 15 is 0 Å². The minimum atomic E-state index is -0.868. The first-order chi connectivity index (χ1) is 12.0. The predicted molar refractivity (Wildman–Crippen MR) is 105 cm³/mol. The summed E-state index contributed by atoms with van der Waals surface area (Å²) in [7, 11) is 0. The van der Waals surface area contributed by atoms with Crippen LogP contribution in [0.4, 0.5) is 4.79 Å². The van der Waals surface area contributed by atoms with Crippen LogP contribution in [0.25, 0.3) is 0 Å². The van der Waals surface area contributed by atoms with E-state index in [0.29, 0.717) is 6.54 Å². The van der Waals surface area contributed by atoms with Crippen LogP contribution >= 0.6 is 0 Å². The third-order valence-corrected chi connectivity index (χ3v) is 3.24. The predicted octanol–water partition coefficient (Wildman–Crippen LogP) is 3.55. The van der Waals surface area contributed by atoms with Crippen LogP contribution in [-0.4, -0.2) is 41.8 Å². The van der Waals surface area contributed by atoms with Gasteiger partial charge in [-0.1, -0.05) is 20.8 Å². The lowest BCUT2D eigenvalue weighted by Crippen LogP contribution is -2.48. The molecule has 2 amide bonds. The van der Waals surface area contributed by atoms with Crippen molar-refractivity contribution < 1.29 is 23.9 Å². The maximum absolute atomic E-state index is 12.5. The van der Waals surface area contributed by atoms with Crippen molar-refractivity contribution in [2.45, 2.75) is 98.8 Å². The third kappa shape index (κ3) is 15.0. The Morgan fingerprint density at radius 3 is 1.81 bits per heavy atom. The van der Waals surface area contributed by atoms with Crippen LogP contribution in [0.5, 0.6) is 0 Å². The molecule has 0 aliphatic rings. The van der Waals surface area contributed by atoms with E-state index in [-0.39, 0.29) is 24.2 Å². The van der Waals surface area contributed by atoms with Gasteiger partial charge < -0.3 is 20.1 Å². The summed E-state index contributed by atoms with van der Waals surface area (Å²) in [6, 6.07) is -0.868. The molecule has 1 atom stereocenters. The van der Waals surface area contributed by atoms with Gasteiger partial charge in [0, 0.05) is 13.0 Å². The van der Waals surface area contributed by atoms with Crippen LogP contribution in [0, 0.1) is 5.41 Å². The number of esters is 1. The van der Waals surface area contributed by atoms with Gasteiger partial charge in [-0.15, -0.1) is 0 Å². The summed E-state index contributed by atoms with van der Waals surface area (Å²) in [4.78, 5) is 36.5. The zero-order valence-corrected chi connectivity index (χ0v) is 18.4. The Kier molecular flexibility index (Phi) is 9.29. The number of hydrogen-bond acceptors (Lipinski definition) is 5. The summed E-state index contributed by atoms with van der Waals surface area (Å²) in [5.41, 5.74) is -1.19. The Morgan fingerprint density at radius 2 is 1.37 bits per heavy atom. The molecule has 0 saturated heterocycles. The standard InChI is InChI=1S/C20H38N2O5/c1-18(2,3)12-13-21-16(24)14(22-17(25)27-20(7,8)9)10-11-15(23)26-19(4,5)6/h14H,10-13H2,1-9H3,(H,21,24)(H,22,25)/t14-/m0/s1. The van der Waals surface area contributed by atoms with Gasteiger partial charge in [0.15, 0.2) is 0 Å². The number of ether oxygens (including phenoxy) is 2. The van der Waals surface area contributed by atoms with E-state index in [1.54, 1.807) is 41.5 Å². The van der Waals surface area contributed by atoms with E-state index < -0.39 is 29.3 Å². The van der Waals surface area contributed by atoms with E-state index in [2.05, 4.69) is 31.4 Å². The summed E-state index contributed by atoms with van der Waals surface area (Å²) in [5.74, 6) is -0.755. The van der Waals surface area contributed by atoms with Crippen molar-refractivity contribution in [1.82, 2.24) is 10.6 Å². The lowest BCUT2D eigenvalue weighted by atomic mass is 9.92. The average molecular weight is 387 g/mol. The molecule has 0 radical (unpaired) electrons. The van der Waals surface area contributed by atoms with Gasteiger partial charge in [-0.3, -0.25) is 9.59 Å². The molecule has 0 aromatic heterocycles. The van der Waals surface area contributed by atoms with E-state index in [1.807, 2.05) is 0 Å². The Labute approximate surface area is 163 Å². The molecule has 0 aliphatic carbocycles. The van der Waals surface area contributed by atoms with Gasteiger partial charge in [0.1, 0.15) is 17.2 Å². The van der Waals surface area contributed by atoms with Crippen molar-refractivity contribution >= 4 is 18.0 Å². The number of hydrogen-bond donors (Lipinski definition) is 2. The van der Waals surface area contributed by atoms with E-state index in [4.69, 9.17) is 9.47 Å². The van der Waals surface area contributed by atoms with Gasteiger partial charge in [0.05, 0.1) is 0 Å². The van der Waals surface area contributed by atoms with Crippen LogP contribution in [0.1, 0.15) is 81.6 Å². The van der Waals surface area contributed by atoms with Crippen molar-refractivity contribution in [3.05, 3.63) is 0 Å². The fraction of sp³-hybridized carbons (Fsp3) is 0.850. The van der Waals surface area contributed by atoms with Gasteiger partial charge in [0.2, 0.25) is 5.91 Å². The summed E-state index contributed by atoms with van der Waals surface area (Å²) >= 11 is 0. The molecule has 7 heteroatoms. The third-order valence-electron chi connectivity index (χ3n) is 3.24. The van der Waals surface area contributed by atoms with Crippen LogP contribution < -0.4 is 10.6 Å². The molecule has 0 rings (SSSR count). The Bertz CT molecular complexity index is 510. The van der Waals surface area contributed by atoms with Crippen molar-refractivity contribution in [3.8, 4) is 0 Å². The molecule has 7 nitrogen and oxygen atoms in total. The first kappa shape index (κ1) is 25.2. The lowest BCUT2D eigenvalue weighted by molar-refractivity contribution is -0.155. The molecule has 0 heterocycles. The van der Waals surface area contributed by atoms with Gasteiger partial charge in [0.25, 0.3) is 0 Å². The van der Waals surface area contributed by atoms with Gasteiger partial charge in [-0.25, -0.2) is 4.79 Å². The molecule has 27 heavy (non-hydrogen) atoms. The van der Waals surface area contributed by atoms with Crippen molar-refractivity contribution in [2.75, 3.05) is 6.54 Å². The highest BCUT2D eigenvalue weighted by Gasteiger charge is 2.26. The zero-order valence-electron chi connectivity index (χ0n) is 18.4. The molecule has 0 fully saturated rings. The second-order valence-corrected chi connectivity index (χ2v) is 9.93. The molecule has 0 bridgehead atoms. The highest BCUT2D eigenvalue weighted by molar-refractivity contribution is 5.86. The SMILES string of the molecule is CC(C)(C)CCNC(=O)[C@H](CCC(=O)OC(C)(C)C)NC(=O)OC(C)(C)C. The maximum Gasteiger partial charge on any atom is 0.408 e. The molecule has 2 N–H and O–H groups in total. The topological polar surface area (TPSA) is 93.7 Å². The molecular weight excluding hydrogens is 348 g/mol. The van der Waals surface area contributed by atoms with E-state index in [0.717, 1.165) is 6.42 Å². The summed E-state index contributed by atoms with van der Waals surface area (Å²) < 4.78 is 10.5. The van der Waals surface area contributed by atoms with Gasteiger partial charge in [-0.05, 0) is 59.8 Å². The second kappa shape index (κ2) is 9.95. The fourth-order valence-corrected chi connectivity index (χ4v) is 2.06. The highest BCUT2D eigenvalue weighted by Crippen LogP contribution is 2.17. The minimum Gasteiger partial charge on any atom is -0.460 e. The number of carbonyl (C=O) groups excluding carboxylic acids is 3. The van der Waals surface area contributed by atoms with Crippen LogP contribution in [-0.2, 0) is 19.1 Å². The molecular formula is C20H38N2O5. The van der Waals surface area contributed by atoms with Crippen molar-refractivity contribution in [2.24, 2.45) is 5.41 Å².